The minimum atomic E-state index is -0.278. The van der Waals surface area contributed by atoms with Gasteiger partial charge in [0.1, 0.15) is 10.8 Å². The molecule has 2 N–H and O–H groups in total. The summed E-state index contributed by atoms with van der Waals surface area (Å²) in [4.78, 5) is 16.1. The van der Waals surface area contributed by atoms with Crippen LogP contribution in [0.1, 0.15) is 38.5 Å². The molecule has 0 spiro atoms. The number of thioether (sulfide) groups is 1. The summed E-state index contributed by atoms with van der Waals surface area (Å²) >= 11 is 1.40. The molecule has 4 aliphatic carbocycles. The highest BCUT2D eigenvalue weighted by atomic mass is 32.2. The highest BCUT2D eigenvalue weighted by Crippen LogP contribution is 2.55. The molecule has 4 bridgehead atoms. The third kappa shape index (κ3) is 3.01. The lowest BCUT2D eigenvalue weighted by Gasteiger charge is -2.56. The van der Waals surface area contributed by atoms with E-state index < -0.39 is 0 Å². The Labute approximate surface area is 172 Å². The van der Waals surface area contributed by atoms with Crippen LogP contribution < -0.4 is 5.32 Å². The molecule has 5 nitrogen and oxygen atoms in total. The lowest BCUT2D eigenvalue weighted by atomic mass is 9.53. The summed E-state index contributed by atoms with van der Waals surface area (Å²) in [6.07, 6.45) is 9.19. The zero-order chi connectivity index (χ0) is 19.6. The van der Waals surface area contributed by atoms with E-state index in [4.69, 9.17) is 0 Å². The fourth-order valence-electron chi connectivity index (χ4n) is 6.51. The molecule has 1 aromatic carbocycles. The number of H-pyrrole nitrogens is 1. The highest BCUT2D eigenvalue weighted by Gasteiger charge is 2.51. The molecule has 2 heterocycles. The Balaban J connectivity index is 1.20. The number of nitrogens with one attached hydrogen (secondary N) is 2. The predicted octanol–water partition coefficient (Wildman–Crippen LogP) is 4.43. The van der Waals surface area contributed by atoms with E-state index in [1.54, 1.807) is 12.3 Å². The van der Waals surface area contributed by atoms with Crippen molar-refractivity contribution in [1.82, 2.24) is 20.5 Å². The third-order valence-corrected chi connectivity index (χ3v) is 8.10. The molecule has 2 aromatic heterocycles. The minimum Gasteiger partial charge on any atom is -0.352 e. The summed E-state index contributed by atoms with van der Waals surface area (Å²) in [6, 6.07) is 4.66. The van der Waals surface area contributed by atoms with Gasteiger partial charge in [-0.05, 0) is 74.5 Å². The second kappa shape index (κ2) is 6.42. The molecule has 29 heavy (non-hydrogen) atoms. The van der Waals surface area contributed by atoms with Gasteiger partial charge in [-0.2, -0.15) is 5.10 Å². The normalized spacial score (nSPS) is 30.3. The van der Waals surface area contributed by atoms with Crippen LogP contribution in [0.5, 0.6) is 0 Å². The summed E-state index contributed by atoms with van der Waals surface area (Å²) in [5.74, 6) is 2.54. The topological polar surface area (TPSA) is 70.7 Å². The Morgan fingerprint density at radius 3 is 2.62 bits per heavy atom. The quantitative estimate of drug-likeness (QED) is 0.625. The van der Waals surface area contributed by atoms with E-state index in [0.29, 0.717) is 10.8 Å². The molecule has 3 aromatic rings. The Hall–Kier alpha value is -2.15. The van der Waals surface area contributed by atoms with Gasteiger partial charge in [-0.25, -0.2) is 4.39 Å². The molecule has 4 aliphatic rings. The average Bonchev–Trinajstić information content (AvgIpc) is 3.03. The van der Waals surface area contributed by atoms with Crippen molar-refractivity contribution in [3.63, 3.8) is 0 Å². The van der Waals surface area contributed by atoms with Crippen molar-refractivity contribution in [2.45, 2.75) is 49.1 Å². The minimum absolute atomic E-state index is 0.0305. The number of fused-ring (bicyclic) bond motifs is 3. The largest absolute Gasteiger partial charge is 0.352 e. The Morgan fingerprint density at radius 2 is 1.90 bits per heavy atom. The van der Waals surface area contributed by atoms with Crippen molar-refractivity contribution in [3.05, 3.63) is 30.2 Å². The van der Waals surface area contributed by atoms with Gasteiger partial charge in [0.05, 0.1) is 17.5 Å². The zero-order valence-electron chi connectivity index (χ0n) is 16.1. The fourth-order valence-corrected chi connectivity index (χ4v) is 7.26. The van der Waals surface area contributed by atoms with Crippen molar-refractivity contribution in [2.75, 3.05) is 5.75 Å². The molecule has 4 saturated carbocycles. The van der Waals surface area contributed by atoms with Crippen molar-refractivity contribution < 1.29 is 9.18 Å². The number of benzene rings is 1. The van der Waals surface area contributed by atoms with Crippen molar-refractivity contribution in [2.24, 2.45) is 17.8 Å². The summed E-state index contributed by atoms with van der Waals surface area (Å²) in [7, 11) is 0. The Kier molecular flexibility index (Phi) is 3.92. The van der Waals surface area contributed by atoms with Gasteiger partial charge in [-0.15, -0.1) is 5.10 Å². The van der Waals surface area contributed by atoms with Crippen LogP contribution in [-0.4, -0.2) is 32.4 Å². The van der Waals surface area contributed by atoms with Crippen LogP contribution in [0.4, 0.5) is 4.39 Å². The first kappa shape index (κ1) is 17.7. The van der Waals surface area contributed by atoms with Gasteiger partial charge in [0.15, 0.2) is 0 Å². The number of carbonyl (C=O) groups is 1. The van der Waals surface area contributed by atoms with Gasteiger partial charge >= 0.3 is 0 Å². The van der Waals surface area contributed by atoms with E-state index in [-0.39, 0.29) is 17.3 Å². The maximum absolute atomic E-state index is 13.6. The standard InChI is InChI=1S/C22H23FN4OS/c23-15-1-2-18-16(6-15)17-10-24-27-21(20(17)25-18)29-11-19(28)26-22-7-12-3-13(8-22)5-14(4-12)9-22/h1-2,6,10,12-14,25H,3-5,7-9,11H2,(H,26,28). The van der Waals surface area contributed by atoms with Gasteiger partial charge in [0, 0.05) is 21.8 Å². The Bertz CT molecular complexity index is 1090. The number of aromatic nitrogens is 3. The van der Waals surface area contributed by atoms with Crippen LogP contribution in [-0.2, 0) is 4.79 Å². The van der Waals surface area contributed by atoms with Gasteiger partial charge in [0.2, 0.25) is 5.91 Å². The molecule has 0 unspecified atom stereocenters. The molecule has 1 amide bonds. The molecule has 0 saturated heterocycles. The van der Waals surface area contributed by atoms with E-state index >= 15 is 0 Å². The SMILES string of the molecule is O=C(CSc1nncc2c1[nH]c1ccc(F)cc12)NC12CC3CC(CC(C3)C1)C2. The molecule has 4 fully saturated rings. The fraction of sp³-hybridized carbons (Fsp3) is 0.500. The first-order chi connectivity index (χ1) is 14.1. The number of aromatic amines is 1. The second-order valence-electron chi connectivity index (χ2n) is 9.29. The average molecular weight is 411 g/mol. The first-order valence-corrected chi connectivity index (χ1v) is 11.4. The smallest absolute Gasteiger partial charge is 0.230 e. The number of halogens is 1. The highest BCUT2D eigenvalue weighted by molar-refractivity contribution is 8.00. The summed E-state index contributed by atoms with van der Waals surface area (Å²) in [5, 5.41) is 14.0. The lowest BCUT2D eigenvalue weighted by molar-refractivity contribution is -0.124. The predicted molar refractivity (Wildman–Crippen MR) is 111 cm³/mol. The molecule has 150 valence electrons. The number of rotatable bonds is 4. The van der Waals surface area contributed by atoms with Crippen LogP contribution in [0, 0.1) is 23.6 Å². The molecular formula is C22H23FN4OS. The van der Waals surface area contributed by atoms with Crippen molar-refractivity contribution in [1.29, 1.82) is 0 Å². The molecule has 0 radical (unpaired) electrons. The first-order valence-electron chi connectivity index (χ1n) is 10.4. The molecular weight excluding hydrogens is 387 g/mol. The summed E-state index contributed by atoms with van der Waals surface area (Å²) in [5.41, 5.74) is 1.69. The van der Waals surface area contributed by atoms with Crippen LogP contribution in [0.2, 0.25) is 0 Å². The summed E-state index contributed by atoms with van der Waals surface area (Å²) in [6.45, 7) is 0. The number of hydrogen-bond donors (Lipinski definition) is 2. The lowest BCUT2D eigenvalue weighted by Crippen LogP contribution is -2.60. The van der Waals surface area contributed by atoms with Crippen LogP contribution in [0.15, 0.2) is 29.4 Å². The van der Waals surface area contributed by atoms with Crippen LogP contribution >= 0.6 is 11.8 Å². The van der Waals surface area contributed by atoms with E-state index in [1.807, 2.05) is 0 Å². The van der Waals surface area contributed by atoms with Crippen molar-refractivity contribution >= 4 is 39.5 Å². The number of carbonyl (C=O) groups excluding carboxylic acids is 1. The van der Waals surface area contributed by atoms with E-state index in [0.717, 1.165) is 58.8 Å². The maximum Gasteiger partial charge on any atom is 0.230 e. The molecule has 7 rings (SSSR count). The van der Waals surface area contributed by atoms with E-state index in [2.05, 4.69) is 20.5 Å². The van der Waals surface area contributed by atoms with Gasteiger partial charge < -0.3 is 10.3 Å². The number of nitrogens with zero attached hydrogens (tertiary/aromatic N) is 2. The van der Waals surface area contributed by atoms with Gasteiger partial charge in [-0.3, -0.25) is 4.79 Å². The number of amides is 1. The Morgan fingerprint density at radius 1 is 1.17 bits per heavy atom. The molecule has 0 aliphatic heterocycles. The maximum atomic E-state index is 13.6. The van der Waals surface area contributed by atoms with Crippen molar-refractivity contribution in [3.8, 4) is 0 Å². The third-order valence-electron chi connectivity index (χ3n) is 7.13. The number of hydrogen-bond acceptors (Lipinski definition) is 4. The zero-order valence-corrected chi connectivity index (χ0v) is 16.9. The van der Waals surface area contributed by atoms with Gasteiger partial charge in [0.25, 0.3) is 0 Å². The van der Waals surface area contributed by atoms with Crippen LogP contribution in [0.25, 0.3) is 21.8 Å². The van der Waals surface area contributed by atoms with Gasteiger partial charge in [-0.1, -0.05) is 11.8 Å². The molecule has 7 heteroatoms. The van der Waals surface area contributed by atoms with Crippen LogP contribution in [0.3, 0.4) is 0 Å². The molecule has 0 atom stereocenters. The van der Waals surface area contributed by atoms with E-state index in [1.165, 1.54) is 43.2 Å². The second-order valence-corrected chi connectivity index (χ2v) is 10.3. The monoisotopic (exact) mass is 410 g/mol. The van der Waals surface area contributed by atoms with E-state index in [9.17, 15) is 9.18 Å². The summed E-state index contributed by atoms with van der Waals surface area (Å²) < 4.78 is 13.6.